The summed E-state index contributed by atoms with van der Waals surface area (Å²) in [4.78, 5) is 19.8. The zero-order valence-corrected chi connectivity index (χ0v) is 16.6. The van der Waals surface area contributed by atoms with E-state index in [1.807, 2.05) is 36.1 Å². The van der Waals surface area contributed by atoms with Gasteiger partial charge in [-0.25, -0.2) is 4.39 Å². The number of hydrogen-bond acceptors (Lipinski definition) is 3. The van der Waals surface area contributed by atoms with Crippen molar-refractivity contribution in [3.8, 4) is 0 Å². The van der Waals surface area contributed by atoms with E-state index < -0.39 is 0 Å². The summed E-state index contributed by atoms with van der Waals surface area (Å²) in [7, 11) is 0. The quantitative estimate of drug-likeness (QED) is 0.787. The highest BCUT2D eigenvalue weighted by atomic mass is 19.1. The third kappa shape index (κ3) is 5.86. The van der Waals surface area contributed by atoms with Crippen LogP contribution >= 0.6 is 0 Å². The second-order valence-electron chi connectivity index (χ2n) is 7.69. The average Bonchev–Trinajstić information content (AvgIpc) is 3.00. The molecule has 5 heteroatoms. The van der Waals surface area contributed by atoms with Gasteiger partial charge in [0.15, 0.2) is 0 Å². The molecule has 0 aliphatic carbocycles. The van der Waals surface area contributed by atoms with Crippen molar-refractivity contribution in [3.63, 3.8) is 0 Å². The van der Waals surface area contributed by atoms with Crippen molar-refractivity contribution in [2.24, 2.45) is 5.92 Å². The molecule has 1 amide bonds. The Labute approximate surface area is 167 Å². The molecule has 2 unspecified atom stereocenters. The molecule has 0 spiro atoms. The van der Waals surface area contributed by atoms with Gasteiger partial charge in [-0.1, -0.05) is 25.1 Å². The van der Waals surface area contributed by atoms with Gasteiger partial charge in [0.1, 0.15) is 5.82 Å². The van der Waals surface area contributed by atoms with Gasteiger partial charge in [0, 0.05) is 18.2 Å². The highest BCUT2D eigenvalue weighted by molar-refractivity contribution is 5.78. The summed E-state index contributed by atoms with van der Waals surface area (Å²) in [6.07, 6.45) is 6.26. The zero-order valence-electron chi connectivity index (χ0n) is 16.6. The molecular weight excluding hydrogens is 353 g/mol. The Morgan fingerprint density at radius 3 is 2.93 bits per heavy atom. The van der Waals surface area contributed by atoms with Crippen molar-refractivity contribution in [3.05, 3.63) is 65.7 Å². The van der Waals surface area contributed by atoms with E-state index in [-0.39, 0.29) is 23.7 Å². The molecule has 1 aromatic heterocycles. The molecule has 0 radical (unpaired) electrons. The van der Waals surface area contributed by atoms with E-state index in [1.54, 1.807) is 18.3 Å². The van der Waals surface area contributed by atoms with Gasteiger partial charge in [-0.15, -0.1) is 0 Å². The fourth-order valence-electron chi connectivity index (χ4n) is 3.85. The number of carbonyl (C=O) groups excluding carboxylic acids is 1. The van der Waals surface area contributed by atoms with Gasteiger partial charge in [-0.05, 0) is 75.0 Å². The first kappa shape index (κ1) is 20.5. The van der Waals surface area contributed by atoms with E-state index in [4.69, 9.17) is 0 Å². The van der Waals surface area contributed by atoms with Crippen molar-refractivity contribution in [2.75, 3.05) is 13.1 Å². The predicted octanol–water partition coefficient (Wildman–Crippen LogP) is 3.96. The number of aryl methyl sites for hydroxylation is 1. The largest absolute Gasteiger partial charge is 0.334 e. The number of rotatable bonds is 7. The second-order valence-corrected chi connectivity index (χ2v) is 7.69. The summed E-state index contributed by atoms with van der Waals surface area (Å²) in [5.41, 5.74) is 1.86. The molecule has 150 valence electrons. The first-order valence-corrected chi connectivity index (χ1v) is 10.3. The van der Waals surface area contributed by atoms with Crippen LogP contribution in [-0.2, 0) is 17.8 Å². The second kappa shape index (κ2) is 10.3. The van der Waals surface area contributed by atoms with Crippen LogP contribution in [0.2, 0.25) is 0 Å². The van der Waals surface area contributed by atoms with E-state index >= 15 is 0 Å². The Balaban J connectivity index is 1.68. The van der Waals surface area contributed by atoms with Gasteiger partial charge < -0.3 is 10.2 Å². The van der Waals surface area contributed by atoms with Gasteiger partial charge in [0.05, 0.1) is 12.2 Å². The van der Waals surface area contributed by atoms with Crippen LogP contribution < -0.4 is 5.32 Å². The average molecular weight is 384 g/mol. The van der Waals surface area contributed by atoms with Crippen molar-refractivity contribution in [1.29, 1.82) is 0 Å². The molecule has 2 aromatic rings. The van der Waals surface area contributed by atoms with Crippen LogP contribution in [0.1, 0.15) is 43.9 Å². The maximum Gasteiger partial charge on any atom is 0.226 e. The summed E-state index contributed by atoms with van der Waals surface area (Å²) < 4.78 is 13.4. The van der Waals surface area contributed by atoms with Gasteiger partial charge in [0.25, 0.3) is 0 Å². The molecule has 2 atom stereocenters. The Morgan fingerprint density at radius 1 is 1.25 bits per heavy atom. The summed E-state index contributed by atoms with van der Waals surface area (Å²) in [5, 5.41) is 3.43. The van der Waals surface area contributed by atoms with Crippen molar-refractivity contribution in [1.82, 2.24) is 15.2 Å². The van der Waals surface area contributed by atoms with Gasteiger partial charge in [0.2, 0.25) is 5.91 Å². The SMILES string of the molecule is CC(CCc1cccc(F)c1)C(=O)N(Cc1ccccn1)C1CCCNCC1. The van der Waals surface area contributed by atoms with Gasteiger partial charge in [-0.2, -0.15) is 0 Å². The number of pyridine rings is 1. The lowest BCUT2D eigenvalue weighted by Gasteiger charge is -2.33. The molecule has 1 N–H and O–H groups in total. The lowest BCUT2D eigenvalue weighted by atomic mass is 9.97. The molecule has 1 aromatic carbocycles. The lowest BCUT2D eigenvalue weighted by Crippen LogP contribution is -2.43. The number of hydrogen-bond donors (Lipinski definition) is 1. The number of halogens is 1. The summed E-state index contributed by atoms with van der Waals surface area (Å²) >= 11 is 0. The van der Waals surface area contributed by atoms with Gasteiger partial charge >= 0.3 is 0 Å². The number of nitrogens with zero attached hydrogens (tertiary/aromatic N) is 2. The highest BCUT2D eigenvalue weighted by Gasteiger charge is 2.28. The molecule has 2 heterocycles. The van der Waals surface area contributed by atoms with Crippen molar-refractivity contribution in [2.45, 2.75) is 51.6 Å². The minimum absolute atomic E-state index is 0.108. The Bertz CT molecular complexity index is 745. The Morgan fingerprint density at radius 2 is 2.14 bits per heavy atom. The molecule has 0 saturated carbocycles. The van der Waals surface area contributed by atoms with Crippen LogP contribution in [0.15, 0.2) is 48.7 Å². The predicted molar refractivity (Wildman–Crippen MR) is 109 cm³/mol. The lowest BCUT2D eigenvalue weighted by molar-refractivity contribution is -0.138. The Kier molecular flexibility index (Phi) is 7.54. The maximum absolute atomic E-state index is 13.4. The normalized spacial score (nSPS) is 18.3. The summed E-state index contributed by atoms with van der Waals surface area (Å²) in [5.74, 6) is -0.156. The molecule has 3 rings (SSSR count). The molecule has 28 heavy (non-hydrogen) atoms. The number of amides is 1. The minimum atomic E-state index is -0.223. The van der Waals surface area contributed by atoms with Crippen LogP contribution in [-0.4, -0.2) is 34.9 Å². The van der Waals surface area contributed by atoms with Crippen LogP contribution in [0, 0.1) is 11.7 Å². The van der Waals surface area contributed by atoms with E-state index in [9.17, 15) is 9.18 Å². The highest BCUT2D eigenvalue weighted by Crippen LogP contribution is 2.21. The van der Waals surface area contributed by atoms with Crippen LogP contribution in [0.3, 0.4) is 0 Å². The van der Waals surface area contributed by atoms with Crippen molar-refractivity contribution < 1.29 is 9.18 Å². The minimum Gasteiger partial charge on any atom is -0.334 e. The van der Waals surface area contributed by atoms with Crippen LogP contribution in [0.4, 0.5) is 4.39 Å². The van der Waals surface area contributed by atoms with E-state index in [1.165, 1.54) is 6.07 Å². The third-order valence-electron chi connectivity index (χ3n) is 5.50. The molecule has 1 fully saturated rings. The molecule has 4 nitrogen and oxygen atoms in total. The smallest absolute Gasteiger partial charge is 0.226 e. The maximum atomic E-state index is 13.4. The Hall–Kier alpha value is -2.27. The molecular formula is C23H30FN3O. The zero-order chi connectivity index (χ0) is 19.8. The fraction of sp³-hybridized carbons (Fsp3) is 0.478. The molecule has 1 aliphatic rings. The van der Waals surface area contributed by atoms with E-state index in [0.717, 1.165) is 43.6 Å². The third-order valence-corrected chi connectivity index (χ3v) is 5.50. The first-order valence-electron chi connectivity index (χ1n) is 10.3. The number of carbonyl (C=O) groups is 1. The van der Waals surface area contributed by atoms with E-state index in [2.05, 4.69) is 10.3 Å². The van der Waals surface area contributed by atoms with Gasteiger partial charge in [-0.3, -0.25) is 9.78 Å². The number of benzene rings is 1. The molecule has 0 bridgehead atoms. The first-order chi connectivity index (χ1) is 13.6. The van der Waals surface area contributed by atoms with Crippen LogP contribution in [0.25, 0.3) is 0 Å². The fourth-order valence-corrected chi connectivity index (χ4v) is 3.85. The summed E-state index contributed by atoms with van der Waals surface area (Å²) in [6.45, 7) is 4.49. The van der Waals surface area contributed by atoms with E-state index in [0.29, 0.717) is 19.4 Å². The standard InChI is InChI=1S/C23H30FN3O/c1-18(10-11-19-6-4-7-20(24)16-19)23(28)27(17-21-8-2-3-14-26-21)22-9-5-13-25-15-12-22/h2-4,6-8,14,16,18,22,25H,5,9-13,15,17H2,1H3. The molecule has 1 saturated heterocycles. The topological polar surface area (TPSA) is 45.2 Å². The van der Waals surface area contributed by atoms with Crippen molar-refractivity contribution >= 4 is 5.91 Å². The number of aromatic nitrogens is 1. The monoisotopic (exact) mass is 383 g/mol. The summed E-state index contributed by atoms with van der Waals surface area (Å²) in [6, 6.07) is 12.7. The molecule has 1 aliphatic heterocycles. The number of nitrogens with one attached hydrogen (secondary N) is 1. The van der Waals surface area contributed by atoms with Crippen LogP contribution in [0.5, 0.6) is 0 Å².